The summed E-state index contributed by atoms with van der Waals surface area (Å²) >= 11 is 0. The molecule has 60 heavy (non-hydrogen) atoms. The average molecular weight is 811 g/mol. The number of nitrogens with one attached hydrogen (secondary N) is 2. The van der Waals surface area contributed by atoms with Crippen molar-refractivity contribution < 1.29 is 48.2 Å². The van der Waals surface area contributed by atoms with Crippen molar-refractivity contribution in [3.8, 4) is 67.5 Å². The first-order chi connectivity index (χ1) is 28.7. The van der Waals surface area contributed by atoms with Crippen LogP contribution in [0.2, 0.25) is 0 Å². The fraction of sp³-hybridized carbons (Fsp3) is 0.0870. The number of aromatic nitrogens is 4. The van der Waals surface area contributed by atoms with E-state index in [4.69, 9.17) is 4.98 Å². The average Bonchev–Trinajstić information content (AvgIpc) is 4.02. The zero-order valence-electron chi connectivity index (χ0n) is 30.8. The van der Waals surface area contributed by atoms with Gasteiger partial charge in [0.25, 0.3) is 0 Å². The molecule has 8 bridgehead atoms. The second kappa shape index (κ2) is 12.8. The minimum atomic E-state index is -5.79. The lowest BCUT2D eigenvalue weighted by atomic mass is 9.68. The summed E-state index contributed by atoms with van der Waals surface area (Å²) in [5.41, 5.74) is -8.61. The SMILES string of the molecule is Oc1cccc(-c2c3nc(c(-c4cccc(O)c4)c4ccc([nH]4)c(-c4cccc(O)c4)c4nc5c(c6ccc2[nH]6)-c2cc(O)ccc2C(F)C5(O)C4(O)C(F)(F)F)C=C3)c1. The first-order valence-electron chi connectivity index (χ1n) is 18.5. The Morgan fingerprint density at radius 1 is 0.517 bits per heavy atom. The lowest BCUT2D eigenvalue weighted by Gasteiger charge is -2.44. The zero-order valence-corrected chi connectivity index (χ0v) is 30.8. The highest BCUT2D eigenvalue weighted by Gasteiger charge is 2.77. The molecule has 10 rings (SSSR count). The van der Waals surface area contributed by atoms with Gasteiger partial charge in [0.05, 0.1) is 22.8 Å². The van der Waals surface area contributed by atoms with Gasteiger partial charge in [-0.2, -0.15) is 13.2 Å². The number of nitrogens with zero attached hydrogens (tertiary/aromatic N) is 2. The number of phenols is 4. The van der Waals surface area contributed by atoms with Crippen molar-refractivity contribution in [1.82, 2.24) is 19.9 Å². The number of H-pyrrole nitrogens is 2. The van der Waals surface area contributed by atoms with Crippen LogP contribution in [0.5, 0.6) is 23.0 Å². The van der Waals surface area contributed by atoms with E-state index in [1.807, 2.05) is 0 Å². The van der Waals surface area contributed by atoms with Gasteiger partial charge in [0.2, 0.25) is 5.60 Å². The molecule has 14 heteroatoms. The Kier molecular flexibility index (Phi) is 7.86. The van der Waals surface area contributed by atoms with Gasteiger partial charge in [-0.05, 0) is 113 Å². The first-order valence-corrected chi connectivity index (χ1v) is 18.5. The van der Waals surface area contributed by atoms with Crippen LogP contribution in [-0.4, -0.2) is 56.8 Å². The second-order valence-electron chi connectivity index (χ2n) is 14.9. The van der Waals surface area contributed by atoms with E-state index in [0.717, 1.165) is 24.3 Å². The monoisotopic (exact) mass is 810 g/mol. The Morgan fingerprint density at radius 3 is 1.45 bits per heavy atom. The Morgan fingerprint density at radius 2 is 0.967 bits per heavy atom. The molecule has 0 spiro atoms. The Bertz CT molecular complexity index is 3180. The summed E-state index contributed by atoms with van der Waals surface area (Å²) in [7, 11) is 0. The van der Waals surface area contributed by atoms with E-state index >= 15 is 17.6 Å². The summed E-state index contributed by atoms with van der Waals surface area (Å²) in [5, 5.41) is 67.6. The highest BCUT2D eigenvalue weighted by Crippen LogP contribution is 2.65. The molecule has 3 aliphatic rings. The molecule has 0 amide bonds. The minimum Gasteiger partial charge on any atom is -0.508 e. The quantitative estimate of drug-likeness (QED) is 0.0813. The van der Waals surface area contributed by atoms with Crippen LogP contribution in [0.3, 0.4) is 0 Å². The van der Waals surface area contributed by atoms with Crippen molar-refractivity contribution in [2.45, 2.75) is 23.6 Å². The van der Waals surface area contributed by atoms with Crippen LogP contribution in [-0.2, 0) is 11.2 Å². The molecular formula is C46H30F4N4O6. The summed E-state index contributed by atoms with van der Waals surface area (Å²) in [6.45, 7) is 0. The highest BCUT2D eigenvalue weighted by molar-refractivity contribution is 5.98. The Hall–Kier alpha value is -7.42. The standard InChI is InChI=1S/C46H30F4N4O6/c47-41-29-11-10-28(58)21-30(29)40-36-17-15-34(53-36)38(23-5-2-8-26(56)19-23)32-13-12-31(51-32)37(22-4-1-7-25(55)18-22)33-14-16-35(52-33)39(24-6-3-9-27(57)20-24)43-45(60,46(48,49)50)44(41,59)42(40)54-43/h1-21,41,52-53,55-60H. The van der Waals surface area contributed by atoms with Crippen molar-refractivity contribution in [2.75, 3.05) is 0 Å². The lowest BCUT2D eigenvalue weighted by Crippen LogP contribution is -2.59. The third-order valence-electron chi connectivity index (χ3n) is 11.3. The molecule has 3 unspecified atom stereocenters. The van der Waals surface area contributed by atoms with Crippen LogP contribution in [0.15, 0.2) is 115 Å². The largest absolute Gasteiger partial charge is 0.508 e. The summed E-state index contributed by atoms with van der Waals surface area (Å²) < 4.78 is 65.4. The predicted octanol–water partition coefficient (Wildman–Crippen LogP) is 9.64. The number of hydrogen-bond acceptors (Lipinski definition) is 8. The van der Waals surface area contributed by atoms with E-state index in [0.29, 0.717) is 39.2 Å². The smallest absolute Gasteiger partial charge is 0.426 e. The topological polar surface area (TPSA) is 179 Å². The van der Waals surface area contributed by atoms with Gasteiger partial charge >= 0.3 is 6.18 Å². The van der Waals surface area contributed by atoms with Crippen molar-refractivity contribution in [1.29, 1.82) is 0 Å². The van der Waals surface area contributed by atoms with Crippen molar-refractivity contribution in [3.63, 3.8) is 0 Å². The van der Waals surface area contributed by atoms with Gasteiger partial charge in [0, 0.05) is 44.3 Å². The molecule has 0 radical (unpaired) electrons. The lowest BCUT2D eigenvalue weighted by molar-refractivity contribution is -0.340. The van der Waals surface area contributed by atoms with Gasteiger partial charge in [-0.1, -0.05) is 42.5 Å². The maximum absolute atomic E-state index is 17.3. The fourth-order valence-corrected chi connectivity index (χ4v) is 8.67. The van der Waals surface area contributed by atoms with E-state index in [1.165, 1.54) is 54.6 Å². The minimum absolute atomic E-state index is 0.0244. The first kappa shape index (κ1) is 36.9. The Balaban J connectivity index is 1.49. The molecule has 4 aromatic carbocycles. The number of hydrogen-bond donors (Lipinski definition) is 8. The van der Waals surface area contributed by atoms with Crippen LogP contribution in [0.1, 0.15) is 34.5 Å². The number of benzene rings is 4. The Labute approximate surface area is 336 Å². The molecule has 8 N–H and O–H groups in total. The van der Waals surface area contributed by atoms with Crippen LogP contribution in [0.25, 0.3) is 78.7 Å². The van der Waals surface area contributed by atoms with Gasteiger partial charge in [0.15, 0.2) is 11.8 Å². The van der Waals surface area contributed by atoms with Gasteiger partial charge in [0.1, 0.15) is 23.0 Å². The number of alkyl halides is 4. The van der Waals surface area contributed by atoms with Crippen LogP contribution in [0.4, 0.5) is 17.6 Å². The van der Waals surface area contributed by atoms with Crippen LogP contribution >= 0.6 is 0 Å². The molecule has 0 saturated heterocycles. The molecule has 0 saturated carbocycles. The normalized spacial score (nSPS) is 19.3. The van der Waals surface area contributed by atoms with Gasteiger partial charge in [-0.15, -0.1) is 0 Å². The van der Waals surface area contributed by atoms with E-state index in [2.05, 4.69) is 15.0 Å². The molecule has 3 atom stereocenters. The van der Waals surface area contributed by atoms with Crippen LogP contribution < -0.4 is 0 Å². The number of aliphatic hydroxyl groups is 2. The van der Waals surface area contributed by atoms with E-state index in [1.54, 1.807) is 48.6 Å². The summed E-state index contributed by atoms with van der Waals surface area (Å²) in [6.07, 6.45) is -5.28. The molecule has 10 nitrogen and oxygen atoms in total. The molecule has 5 heterocycles. The number of aromatic amines is 2. The highest BCUT2D eigenvalue weighted by atomic mass is 19.4. The molecule has 3 aromatic heterocycles. The molecule has 1 aliphatic carbocycles. The van der Waals surface area contributed by atoms with Gasteiger partial charge < -0.3 is 40.6 Å². The van der Waals surface area contributed by atoms with Gasteiger partial charge in [-0.3, -0.25) is 0 Å². The molecule has 2 aliphatic heterocycles. The van der Waals surface area contributed by atoms with Gasteiger partial charge in [-0.25, -0.2) is 14.4 Å². The zero-order chi connectivity index (χ0) is 41.9. The number of aromatic hydroxyl groups is 4. The third-order valence-corrected chi connectivity index (χ3v) is 11.3. The number of rotatable bonds is 3. The van der Waals surface area contributed by atoms with Crippen molar-refractivity contribution in [3.05, 3.63) is 144 Å². The molecule has 7 aromatic rings. The maximum Gasteiger partial charge on any atom is 0.426 e. The number of fused-ring (bicyclic) bond motifs is 10. The predicted molar refractivity (Wildman–Crippen MR) is 216 cm³/mol. The number of halogens is 4. The maximum atomic E-state index is 17.3. The summed E-state index contributed by atoms with van der Waals surface area (Å²) in [6, 6.07) is 27.0. The fourth-order valence-electron chi connectivity index (χ4n) is 8.67. The molecule has 298 valence electrons. The molecule has 0 fully saturated rings. The van der Waals surface area contributed by atoms with Crippen LogP contribution in [0, 0.1) is 0 Å². The van der Waals surface area contributed by atoms with E-state index in [9.17, 15) is 30.6 Å². The van der Waals surface area contributed by atoms with Crippen molar-refractivity contribution >= 4 is 34.2 Å². The summed E-state index contributed by atoms with van der Waals surface area (Å²) in [4.78, 5) is 15.8. The molecular weight excluding hydrogens is 781 g/mol. The third kappa shape index (κ3) is 5.20. The second-order valence-corrected chi connectivity index (χ2v) is 14.9. The van der Waals surface area contributed by atoms with E-state index in [-0.39, 0.29) is 56.2 Å². The number of phenolic OH excluding ortho intramolecular Hbond substituents is 4. The van der Waals surface area contributed by atoms with Crippen molar-refractivity contribution in [2.24, 2.45) is 0 Å². The van der Waals surface area contributed by atoms with E-state index < -0.39 is 46.1 Å². The summed E-state index contributed by atoms with van der Waals surface area (Å²) in [5.74, 6) is -0.880.